The molecule has 4 heteroatoms. The molecule has 2 atom stereocenters. The summed E-state index contributed by atoms with van der Waals surface area (Å²) in [6.07, 6.45) is 0.294. The number of nitrogens with one attached hydrogen (secondary N) is 1. The van der Waals surface area contributed by atoms with Crippen LogP contribution in [0.4, 0.5) is 0 Å². The molecule has 0 aliphatic carbocycles. The Morgan fingerprint density at radius 2 is 2.10 bits per heavy atom. The fourth-order valence-corrected chi connectivity index (χ4v) is 0.728. The predicted molar refractivity (Wildman–Crippen MR) is 36.7 cm³/mol. The molecule has 0 radical (unpaired) electrons. The third-order valence-corrected chi connectivity index (χ3v) is 1.31. The van der Waals surface area contributed by atoms with E-state index >= 15 is 0 Å². The number of aliphatic hydroxyl groups excluding tert-OH is 2. The van der Waals surface area contributed by atoms with E-state index in [2.05, 4.69) is 0 Å². The van der Waals surface area contributed by atoms with Gasteiger partial charge in [-0.3, -0.25) is 0 Å². The van der Waals surface area contributed by atoms with Gasteiger partial charge in [0.05, 0.1) is 6.10 Å². The molecule has 0 rings (SSSR count). The molecule has 0 aromatic rings. The highest BCUT2D eigenvalue weighted by molar-refractivity contribution is 4.62. The Kier molecular flexibility index (Phi) is 5.52. The van der Waals surface area contributed by atoms with Crippen molar-refractivity contribution in [2.75, 3.05) is 6.61 Å². The van der Waals surface area contributed by atoms with Crippen LogP contribution in [-0.2, 0) is 0 Å². The van der Waals surface area contributed by atoms with Crippen molar-refractivity contribution < 1.29 is 15.4 Å². The van der Waals surface area contributed by atoms with E-state index in [1.165, 1.54) is 0 Å². The maximum Gasteiger partial charge on any atom is 0.0577 e. The van der Waals surface area contributed by atoms with Crippen LogP contribution in [0.2, 0.25) is 0 Å². The van der Waals surface area contributed by atoms with Gasteiger partial charge < -0.3 is 15.4 Å². The summed E-state index contributed by atoms with van der Waals surface area (Å²) in [5.74, 6) is 0. The van der Waals surface area contributed by atoms with Crippen LogP contribution in [0.15, 0.2) is 0 Å². The molecule has 0 aromatic carbocycles. The SMILES string of the molecule is CC(CC(O)CCO)NO. The van der Waals surface area contributed by atoms with E-state index < -0.39 is 6.10 Å². The summed E-state index contributed by atoms with van der Waals surface area (Å²) in [4.78, 5) is 0. The van der Waals surface area contributed by atoms with Crippen molar-refractivity contribution in [1.29, 1.82) is 0 Å². The van der Waals surface area contributed by atoms with Crippen LogP contribution in [0, 0.1) is 0 Å². The molecule has 0 aliphatic heterocycles. The lowest BCUT2D eigenvalue weighted by atomic mass is 10.1. The molecule has 0 spiro atoms. The lowest BCUT2D eigenvalue weighted by Crippen LogP contribution is -2.27. The second-order valence-corrected chi connectivity index (χ2v) is 2.43. The molecular weight excluding hydrogens is 134 g/mol. The van der Waals surface area contributed by atoms with Gasteiger partial charge in [0.25, 0.3) is 0 Å². The van der Waals surface area contributed by atoms with E-state index in [9.17, 15) is 0 Å². The fourth-order valence-electron chi connectivity index (χ4n) is 0.728. The number of aliphatic hydroxyl groups is 2. The fraction of sp³-hybridized carbons (Fsp3) is 1.00. The standard InChI is InChI=1S/C6H15NO3/c1-5(7-10)4-6(9)2-3-8/h5-10H,2-4H2,1H3. The lowest BCUT2D eigenvalue weighted by Gasteiger charge is -2.13. The summed E-state index contributed by atoms with van der Waals surface area (Å²) >= 11 is 0. The molecule has 10 heavy (non-hydrogen) atoms. The van der Waals surface area contributed by atoms with Crippen molar-refractivity contribution in [3.05, 3.63) is 0 Å². The zero-order valence-corrected chi connectivity index (χ0v) is 6.12. The van der Waals surface area contributed by atoms with E-state index in [4.69, 9.17) is 15.4 Å². The first kappa shape index (κ1) is 9.84. The van der Waals surface area contributed by atoms with E-state index in [0.29, 0.717) is 12.8 Å². The van der Waals surface area contributed by atoms with Gasteiger partial charge in [0.15, 0.2) is 0 Å². The molecule has 0 heterocycles. The number of hydrogen-bond donors (Lipinski definition) is 4. The molecule has 2 unspecified atom stereocenters. The van der Waals surface area contributed by atoms with E-state index in [1.807, 2.05) is 5.48 Å². The van der Waals surface area contributed by atoms with Crippen molar-refractivity contribution >= 4 is 0 Å². The van der Waals surface area contributed by atoms with E-state index in [0.717, 1.165) is 0 Å². The third kappa shape index (κ3) is 4.69. The molecule has 0 aliphatic rings. The molecule has 0 saturated carbocycles. The summed E-state index contributed by atoms with van der Waals surface area (Å²) in [5.41, 5.74) is 2.01. The molecule has 0 saturated heterocycles. The van der Waals surface area contributed by atoms with Gasteiger partial charge in [0.1, 0.15) is 0 Å². The normalized spacial score (nSPS) is 16.8. The van der Waals surface area contributed by atoms with Crippen molar-refractivity contribution in [3.63, 3.8) is 0 Å². The van der Waals surface area contributed by atoms with Gasteiger partial charge in [-0.25, -0.2) is 5.48 Å². The maximum absolute atomic E-state index is 9.04. The van der Waals surface area contributed by atoms with Gasteiger partial charge in [-0.05, 0) is 19.8 Å². The Bertz CT molecular complexity index is 79.4. The van der Waals surface area contributed by atoms with Gasteiger partial charge in [-0.2, -0.15) is 0 Å². The van der Waals surface area contributed by atoms with Gasteiger partial charge in [-0.15, -0.1) is 0 Å². The van der Waals surface area contributed by atoms with Crippen molar-refractivity contribution in [2.45, 2.75) is 31.9 Å². The molecule has 62 valence electrons. The lowest BCUT2D eigenvalue weighted by molar-refractivity contribution is 0.0743. The van der Waals surface area contributed by atoms with Crippen LogP contribution in [-0.4, -0.2) is 34.2 Å². The Morgan fingerprint density at radius 3 is 2.50 bits per heavy atom. The minimum absolute atomic E-state index is 0.0146. The number of hydrogen-bond acceptors (Lipinski definition) is 4. The summed E-state index contributed by atoms with van der Waals surface area (Å²) in [6.45, 7) is 1.74. The highest BCUT2D eigenvalue weighted by Gasteiger charge is 2.07. The first-order valence-corrected chi connectivity index (χ1v) is 3.39. The largest absolute Gasteiger partial charge is 0.396 e. The van der Waals surface area contributed by atoms with Crippen molar-refractivity contribution in [3.8, 4) is 0 Å². The Labute approximate surface area is 60.5 Å². The first-order valence-electron chi connectivity index (χ1n) is 3.39. The topological polar surface area (TPSA) is 72.7 Å². The molecule has 0 fully saturated rings. The zero-order chi connectivity index (χ0) is 7.98. The average Bonchev–Trinajstić information content (AvgIpc) is 1.88. The Hall–Kier alpha value is -0.160. The summed E-state index contributed by atoms with van der Waals surface area (Å²) in [7, 11) is 0. The summed E-state index contributed by atoms with van der Waals surface area (Å²) in [6, 6.07) is -0.124. The van der Waals surface area contributed by atoms with Crippen molar-refractivity contribution in [1.82, 2.24) is 5.48 Å². The molecule has 0 bridgehead atoms. The van der Waals surface area contributed by atoms with Gasteiger partial charge in [-0.1, -0.05) is 0 Å². The van der Waals surface area contributed by atoms with E-state index in [1.54, 1.807) is 6.92 Å². The highest BCUT2D eigenvalue weighted by atomic mass is 16.5. The molecule has 0 aromatic heterocycles. The Balaban J connectivity index is 3.27. The van der Waals surface area contributed by atoms with Crippen LogP contribution >= 0.6 is 0 Å². The van der Waals surface area contributed by atoms with Gasteiger partial charge in [0, 0.05) is 12.6 Å². The molecular formula is C6H15NO3. The monoisotopic (exact) mass is 149 g/mol. The quantitative estimate of drug-likeness (QED) is 0.397. The van der Waals surface area contributed by atoms with Gasteiger partial charge >= 0.3 is 0 Å². The third-order valence-electron chi connectivity index (χ3n) is 1.31. The predicted octanol–water partition coefficient (Wildman–Crippen LogP) is -0.513. The second-order valence-electron chi connectivity index (χ2n) is 2.43. The highest BCUT2D eigenvalue weighted by Crippen LogP contribution is 2.00. The van der Waals surface area contributed by atoms with Gasteiger partial charge in [0.2, 0.25) is 0 Å². The summed E-state index contributed by atoms with van der Waals surface area (Å²) in [5, 5.41) is 25.7. The van der Waals surface area contributed by atoms with Crippen LogP contribution in [0.3, 0.4) is 0 Å². The van der Waals surface area contributed by atoms with Crippen LogP contribution < -0.4 is 5.48 Å². The van der Waals surface area contributed by atoms with Crippen molar-refractivity contribution in [2.24, 2.45) is 0 Å². The maximum atomic E-state index is 9.04. The minimum atomic E-state index is -0.528. The minimum Gasteiger partial charge on any atom is -0.396 e. The second kappa shape index (κ2) is 5.61. The molecule has 4 nitrogen and oxygen atoms in total. The Morgan fingerprint density at radius 1 is 1.50 bits per heavy atom. The van der Waals surface area contributed by atoms with Crippen LogP contribution in [0.1, 0.15) is 19.8 Å². The van der Waals surface area contributed by atoms with E-state index in [-0.39, 0.29) is 12.6 Å². The first-order chi connectivity index (χ1) is 4.70. The van der Waals surface area contributed by atoms with Crippen LogP contribution in [0.5, 0.6) is 0 Å². The average molecular weight is 149 g/mol. The molecule has 0 amide bonds. The van der Waals surface area contributed by atoms with Crippen LogP contribution in [0.25, 0.3) is 0 Å². The zero-order valence-electron chi connectivity index (χ0n) is 6.12. The number of rotatable bonds is 5. The summed E-state index contributed by atoms with van der Waals surface area (Å²) < 4.78 is 0. The smallest absolute Gasteiger partial charge is 0.0577 e. The molecule has 4 N–H and O–H groups in total. The number of hydroxylamine groups is 1.